The van der Waals surface area contributed by atoms with Crippen molar-refractivity contribution in [1.82, 2.24) is 24.6 Å². The Morgan fingerprint density at radius 3 is 2.53 bits per heavy atom. The predicted octanol–water partition coefficient (Wildman–Crippen LogP) is 6.64. The van der Waals surface area contributed by atoms with Crippen LogP contribution in [0.15, 0.2) is 48.5 Å². The smallest absolute Gasteiger partial charge is 0.352 e. The number of carboxylic acids is 1. The fourth-order valence-corrected chi connectivity index (χ4v) is 6.79. The first kappa shape index (κ1) is 32.8. The number of benzene rings is 3. The second-order valence-corrected chi connectivity index (χ2v) is 11.8. The molecule has 3 heterocycles. The molecule has 3 aromatic carbocycles. The van der Waals surface area contributed by atoms with E-state index in [2.05, 4.69) is 15.3 Å². The summed E-state index contributed by atoms with van der Waals surface area (Å²) in [5.74, 6) is -0.577. The van der Waals surface area contributed by atoms with Crippen LogP contribution < -0.4 is 10.1 Å². The first-order valence-corrected chi connectivity index (χ1v) is 15.4. The predicted molar refractivity (Wildman–Crippen MR) is 180 cm³/mol. The molecule has 11 heteroatoms. The highest BCUT2D eigenvalue weighted by Crippen LogP contribution is 2.42. The van der Waals surface area contributed by atoms with Crippen molar-refractivity contribution in [3.05, 3.63) is 82.0 Å². The van der Waals surface area contributed by atoms with Crippen molar-refractivity contribution in [1.29, 1.82) is 0 Å². The van der Waals surface area contributed by atoms with E-state index in [1.807, 2.05) is 60.5 Å². The van der Waals surface area contributed by atoms with Gasteiger partial charge in [-0.15, -0.1) is 12.4 Å². The van der Waals surface area contributed by atoms with E-state index >= 15 is 0 Å². The molecule has 0 atom stereocenters. The summed E-state index contributed by atoms with van der Waals surface area (Å²) < 4.78 is 23.7. The number of carboxylic acid groups (broad SMARTS) is 1. The summed E-state index contributed by atoms with van der Waals surface area (Å²) in [5, 5.41) is 21.7. The van der Waals surface area contributed by atoms with E-state index in [0.29, 0.717) is 42.5 Å². The zero-order valence-electron chi connectivity index (χ0n) is 25.7. The van der Waals surface area contributed by atoms with Crippen molar-refractivity contribution in [2.75, 3.05) is 39.3 Å². The highest BCUT2D eigenvalue weighted by molar-refractivity contribution is 6.35. The van der Waals surface area contributed by atoms with Gasteiger partial charge >= 0.3 is 5.97 Å². The van der Waals surface area contributed by atoms with Gasteiger partial charge in [0.15, 0.2) is 0 Å². The molecule has 2 aromatic heterocycles. The molecule has 2 N–H and O–H groups in total. The lowest BCUT2D eigenvalue weighted by atomic mass is 9.98. The number of nitrogens with one attached hydrogen (secondary N) is 1. The van der Waals surface area contributed by atoms with Crippen LogP contribution in [0.5, 0.6) is 5.75 Å². The lowest BCUT2D eigenvalue weighted by Crippen LogP contribution is -2.44. The number of ether oxygens (including phenoxy) is 1. The van der Waals surface area contributed by atoms with E-state index in [1.165, 1.54) is 12.1 Å². The Morgan fingerprint density at radius 1 is 1.07 bits per heavy atom. The minimum absolute atomic E-state index is 0. The number of aromatic nitrogens is 3. The molecule has 0 unspecified atom stereocenters. The maximum Gasteiger partial charge on any atom is 0.352 e. The third kappa shape index (κ3) is 6.40. The first-order valence-electron chi connectivity index (χ1n) is 15.1. The number of piperazine rings is 1. The number of halogens is 3. The van der Waals surface area contributed by atoms with E-state index in [9.17, 15) is 14.3 Å². The third-order valence-corrected chi connectivity index (χ3v) is 9.04. The number of hydrogen-bond donors (Lipinski definition) is 2. The van der Waals surface area contributed by atoms with E-state index < -0.39 is 5.97 Å². The summed E-state index contributed by atoms with van der Waals surface area (Å²) in [6.45, 7) is 9.27. The quantitative estimate of drug-likeness (QED) is 0.164. The first-order chi connectivity index (χ1) is 21.2. The van der Waals surface area contributed by atoms with Crippen molar-refractivity contribution >= 4 is 51.7 Å². The Morgan fingerprint density at radius 2 is 1.82 bits per heavy atom. The molecule has 45 heavy (non-hydrogen) atoms. The second-order valence-electron chi connectivity index (χ2n) is 11.4. The summed E-state index contributed by atoms with van der Waals surface area (Å²) >= 11 is 6.95. The van der Waals surface area contributed by atoms with Gasteiger partial charge in [0.1, 0.15) is 17.3 Å². The lowest BCUT2D eigenvalue weighted by molar-refractivity contribution is 0.0683. The number of hydrogen-bond acceptors (Lipinski definition) is 5. The third-order valence-electron chi connectivity index (χ3n) is 8.72. The van der Waals surface area contributed by atoms with Gasteiger partial charge in [0.05, 0.1) is 22.8 Å². The van der Waals surface area contributed by atoms with Gasteiger partial charge in [0.25, 0.3) is 0 Å². The van der Waals surface area contributed by atoms with Crippen LogP contribution in [0.1, 0.15) is 33.9 Å². The summed E-state index contributed by atoms with van der Waals surface area (Å²) in [7, 11) is 1.91. The zero-order valence-corrected chi connectivity index (χ0v) is 27.3. The molecule has 6 rings (SSSR count). The SMILES string of the molecule is Cc1nn(C)c(C)c1-c1c(Cl)ccc2c(CCCOc3cccc4cc(F)ccc34)c(C(=O)O)n(CCN3CCNCC3)c12.Cl. The van der Waals surface area contributed by atoms with E-state index in [4.69, 9.17) is 16.3 Å². The topological polar surface area (TPSA) is 84.5 Å². The second kappa shape index (κ2) is 13.8. The van der Waals surface area contributed by atoms with Crippen LogP contribution in [0.2, 0.25) is 5.02 Å². The van der Waals surface area contributed by atoms with Crippen LogP contribution in [-0.4, -0.2) is 69.7 Å². The summed E-state index contributed by atoms with van der Waals surface area (Å²) in [4.78, 5) is 15.4. The largest absolute Gasteiger partial charge is 0.493 e. The maximum absolute atomic E-state index is 13.8. The van der Waals surface area contributed by atoms with Gasteiger partial charge in [0.2, 0.25) is 0 Å². The molecule has 5 aromatic rings. The Balaban J connectivity index is 0.00000400. The highest BCUT2D eigenvalue weighted by Gasteiger charge is 2.28. The number of aryl methyl sites for hydroxylation is 3. The number of carbonyl (C=O) groups is 1. The van der Waals surface area contributed by atoms with Crippen LogP contribution >= 0.6 is 24.0 Å². The molecule has 1 fully saturated rings. The Labute approximate surface area is 273 Å². The molecule has 8 nitrogen and oxygen atoms in total. The van der Waals surface area contributed by atoms with Crippen molar-refractivity contribution in [2.24, 2.45) is 7.05 Å². The highest BCUT2D eigenvalue weighted by atomic mass is 35.5. The molecule has 1 saturated heterocycles. The van der Waals surface area contributed by atoms with Crippen LogP contribution in [0.3, 0.4) is 0 Å². The average molecular weight is 655 g/mol. The molecule has 0 bridgehead atoms. The van der Waals surface area contributed by atoms with Gasteiger partial charge in [-0.2, -0.15) is 5.10 Å². The molecular formula is C34H38Cl2FN5O3. The fourth-order valence-electron chi connectivity index (χ4n) is 6.55. The van der Waals surface area contributed by atoms with Gasteiger partial charge in [-0.25, -0.2) is 9.18 Å². The normalized spacial score (nSPS) is 13.8. The van der Waals surface area contributed by atoms with Crippen LogP contribution in [0, 0.1) is 19.7 Å². The summed E-state index contributed by atoms with van der Waals surface area (Å²) in [6, 6.07) is 14.0. The molecule has 1 aliphatic rings. The molecule has 0 amide bonds. The van der Waals surface area contributed by atoms with Gasteiger partial charge in [0, 0.05) is 73.9 Å². The molecule has 0 radical (unpaired) electrons. The lowest BCUT2D eigenvalue weighted by Gasteiger charge is -2.27. The fraction of sp³-hybridized carbons (Fsp3) is 0.353. The number of nitrogens with zero attached hydrogens (tertiary/aromatic N) is 4. The summed E-state index contributed by atoms with van der Waals surface area (Å²) in [6.07, 6.45) is 1.10. The Kier molecular flexibility index (Phi) is 10.0. The molecule has 1 aliphatic heterocycles. The summed E-state index contributed by atoms with van der Waals surface area (Å²) in [5.41, 5.74) is 5.46. The van der Waals surface area contributed by atoms with Gasteiger partial charge in [-0.05, 0) is 68.0 Å². The minimum Gasteiger partial charge on any atom is -0.493 e. The van der Waals surface area contributed by atoms with Gasteiger partial charge < -0.3 is 19.7 Å². The monoisotopic (exact) mass is 653 g/mol. The van der Waals surface area contributed by atoms with Crippen LogP contribution in [0.4, 0.5) is 4.39 Å². The number of aromatic carboxylic acids is 1. The van der Waals surface area contributed by atoms with Gasteiger partial charge in [-0.1, -0.05) is 29.8 Å². The number of fused-ring (bicyclic) bond motifs is 2. The van der Waals surface area contributed by atoms with Crippen molar-refractivity contribution in [2.45, 2.75) is 33.2 Å². The van der Waals surface area contributed by atoms with Crippen LogP contribution in [-0.2, 0) is 20.0 Å². The Hall–Kier alpha value is -3.63. The number of rotatable bonds is 10. The Bertz CT molecular complexity index is 1860. The zero-order chi connectivity index (χ0) is 31.0. The van der Waals surface area contributed by atoms with E-state index in [1.54, 1.807) is 6.07 Å². The molecule has 0 aliphatic carbocycles. The van der Waals surface area contributed by atoms with E-state index in [0.717, 1.165) is 82.5 Å². The van der Waals surface area contributed by atoms with Crippen molar-refractivity contribution in [3.8, 4) is 16.9 Å². The van der Waals surface area contributed by atoms with E-state index in [-0.39, 0.29) is 18.2 Å². The minimum atomic E-state index is -0.963. The van der Waals surface area contributed by atoms with Crippen molar-refractivity contribution in [3.63, 3.8) is 0 Å². The molecule has 238 valence electrons. The standard InChI is InChI=1S/C34H37ClFN5O3.ClH/c1-21-30(22(2)39(3)38-21)31-28(35)12-11-27-26(7-5-19-44-29-8-4-6-23-20-24(36)9-10-25(23)29)33(34(42)43)41(32(27)31)18-17-40-15-13-37-14-16-40;/h4,6,8-12,20,37H,5,7,13-19H2,1-3H3,(H,42,43);1H. The average Bonchev–Trinajstić information content (AvgIpc) is 3.46. The molecule has 0 saturated carbocycles. The van der Waals surface area contributed by atoms with Crippen molar-refractivity contribution < 1.29 is 19.0 Å². The van der Waals surface area contributed by atoms with Crippen LogP contribution in [0.25, 0.3) is 32.8 Å². The molecule has 0 spiro atoms. The molecular weight excluding hydrogens is 616 g/mol. The van der Waals surface area contributed by atoms with Gasteiger partial charge in [-0.3, -0.25) is 9.58 Å². The maximum atomic E-state index is 13.8.